The van der Waals surface area contributed by atoms with E-state index in [1.54, 1.807) is 0 Å². The number of hydrogen-bond donors (Lipinski definition) is 0. The van der Waals surface area contributed by atoms with Gasteiger partial charge in [-0.2, -0.15) is 0 Å². The molecule has 0 aromatic rings. The fourth-order valence-electron chi connectivity index (χ4n) is 2.14. The molecule has 0 bridgehead atoms. The molecule has 2 aliphatic rings. The molecule has 3 nitrogen and oxygen atoms in total. The van der Waals surface area contributed by atoms with Gasteiger partial charge in [-0.3, -0.25) is 4.79 Å². The first-order valence-electron chi connectivity index (χ1n) is 5.22. The Balaban J connectivity index is 1.79. The Labute approximate surface area is 79.0 Å². The number of nitrogens with zero attached hydrogens (tertiary/aromatic N) is 1. The van der Waals surface area contributed by atoms with E-state index in [2.05, 4.69) is 0 Å². The van der Waals surface area contributed by atoms with Crippen molar-refractivity contribution in [3.63, 3.8) is 0 Å². The minimum Gasteiger partial charge on any atom is -0.381 e. The molecule has 2 aliphatic heterocycles. The number of likely N-dealkylation sites (tertiary alicyclic amines) is 1. The lowest BCUT2D eigenvalue weighted by atomic mass is 10.00. The van der Waals surface area contributed by atoms with Gasteiger partial charge in [0.25, 0.3) is 0 Å². The van der Waals surface area contributed by atoms with Gasteiger partial charge in [-0.15, -0.1) is 0 Å². The van der Waals surface area contributed by atoms with Gasteiger partial charge in [0.15, 0.2) is 0 Å². The molecule has 3 heteroatoms. The van der Waals surface area contributed by atoms with Crippen LogP contribution in [0, 0.1) is 5.92 Å². The number of rotatable bonds is 2. The van der Waals surface area contributed by atoms with Gasteiger partial charge in [0.1, 0.15) is 0 Å². The summed E-state index contributed by atoms with van der Waals surface area (Å²) in [5, 5.41) is 0. The summed E-state index contributed by atoms with van der Waals surface area (Å²) in [6, 6.07) is 0. The molecule has 13 heavy (non-hydrogen) atoms. The van der Waals surface area contributed by atoms with E-state index in [-0.39, 0.29) is 0 Å². The predicted octanol–water partition coefficient (Wildman–Crippen LogP) is 1.04. The van der Waals surface area contributed by atoms with Crippen molar-refractivity contribution in [2.75, 3.05) is 26.3 Å². The molecule has 2 heterocycles. The summed E-state index contributed by atoms with van der Waals surface area (Å²) in [7, 11) is 0. The molecule has 2 fully saturated rings. The molecule has 0 radical (unpaired) electrons. The number of hydrogen-bond acceptors (Lipinski definition) is 2. The van der Waals surface area contributed by atoms with Crippen LogP contribution in [0.1, 0.15) is 25.7 Å². The van der Waals surface area contributed by atoms with Crippen LogP contribution in [0.25, 0.3) is 0 Å². The molecular formula is C10H17NO2. The van der Waals surface area contributed by atoms with Gasteiger partial charge in [-0.05, 0) is 25.2 Å². The van der Waals surface area contributed by atoms with Crippen molar-refractivity contribution < 1.29 is 9.53 Å². The first kappa shape index (κ1) is 9.00. The summed E-state index contributed by atoms with van der Waals surface area (Å²) in [5.41, 5.74) is 0. The molecule has 2 saturated heterocycles. The van der Waals surface area contributed by atoms with Crippen LogP contribution in [-0.2, 0) is 9.53 Å². The molecule has 74 valence electrons. The number of amides is 1. The van der Waals surface area contributed by atoms with Crippen LogP contribution in [0.15, 0.2) is 0 Å². The monoisotopic (exact) mass is 183 g/mol. The van der Waals surface area contributed by atoms with Gasteiger partial charge in [0, 0.05) is 32.7 Å². The fourth-order valence-corrected chi connectivity index (χ4v) is 2.14. The summed E-state index contributed by atoms with van der Waals surface area (Å²) in [5.74, 6) is 1.04. The maximum atomic E-state index is 11.3. The summed E-state index contributed by atoms with van der Waals surface area (Å²) in [6.45, 7) is 3.72. The highest BCUT2D eigenvalue weighted by molar-refractivity contribution is 5.78. The molecule has 2 rings (SSSR count). The smallest absolute Gasteiger partial charge is 0.222 e. The van der Waals surface area contributed by atoms with E-state index < -0.39 is 0 Å². The van der Waals surface area contributed by atoms with Gasteiger partial charge >= 0.3 is 0 Å². The third-order valence-electron chi connectivity index (χ3n) is 2.99. The van der Waals surface area contributed by atoms with Crippen LogP contribution >= 0.6 is 0 Å². The molecule has 0 saturated carbocycles. The lowest BCUT2D eigenvalue weighted by Gasteiger charge is -2.26. The van der Waals surface area contributed by atoms with Gasteiger partial charge in [-0.1, -0.05) is 0 Å². The maximum absolute atomic E-state index is 11.3. The lowest BCUT2D eigenvalue weighted by Crippen LogP contribution is -2.33. The van der Waals surface area contributed by atoms with Crippen molar-refractivity contribution in [3.05, 3.63) is 0 Å². The maximum Gasteiger partial charge on any atom is 0.222 e. The van der Waals surface area contributed by atoms with Crippen molar-refractivity contribution in [1.29, 1.82) is 0 Å². The first-order chi connectivity index (χ1) is 6.36. The zero-order valence-corrected chi connectivity index (χ0v) is 8.00. The zero-order chi connectivity index (χ0) is 9.10. The Morgan fingerprint density at radius 1 is 1.38 bits per heavy atom. The van der Waals surface area contributed by atoms with E-state index in [9.17, 15) is 4.79 Å². The third-order valence-corrected chi connectivity index (χ3v) is 2.99. The molecule has 0 aliphatic carbocycles. The van der Waals surface area contributed by atoms with Crippen molar-refractivity contribution in [2.45, 2.75) is 25.7 Å². The SMILES string of the molecule is O=C1CCCN1CC1CCOCC1. The average molecular weight is 183 g/mol. The highest BCUT2D eigenvalue weighted by atomic mass is 16.5. The zero-order valence-electron chi connectivity index (χ0n) is 8.00. The van der Waals surface area contributed by atoms with E-state index in [4.69, 9.17) is 4.74 Å². The summed E-state index contributed by atoms with van der Waals surface area (Å²) in [6.07, 6.45) is 4.08. The van der Waals surface area contributed by atoms with Gasteiger partial charge in [0.05, 0.1) is 0 Å². The Hall–Kier alpha value is -0.570. The largest absolute Gasteiger partial charge is 0.381 e. The Morgan fingerprint density at radius 2 is 2.15 bits per heavy atom. The third kappa shape index (κ3) is 2.21. The number of ether oxygens (including phenoxy) is 1. The van der Waals surface area contributed by atoms with Gasteiger partial charge in [0.2, 0.25) is 5.91 Å². The molecular weight excluding hydrogens is 166 g/mol. The molecule has 0 aromatic heterocycles. The van der Waals surface area contributed by atoms with Crippen LogP contribution in [-0.4, -0.2) is 37.1 Å². The van der Waals surface area contributed by atoms with Crippen LogP contribution in [0.2, 0.25) is 0 Å². The highest BCUT2D eigenvalue weighted by Crippen LogP contribution is 2.19. The van der Waals surface area contributed by atoms with Crippen molar-refractivity contribution >= 4 is 5.91 Å². The number of carbonyl (C=O) groups excluding carboxylic acids is 1. The second-order valence-electron chi connectivity index (χ2n) is 4.00. The summed E-state index contributed by atoms with van der Waals surface area (Å²) >= 11 is 0. The topological polar surface area (TPSA) is 29.5 Å². The number of carbonyl (C=O) groups is 1. The van der Waals surface area contributed by atoms with E-state index in [1.807, 2.05) is 4.90 Å². The van der Waals surface area contributed by atoms with Crippen LogP contribution < -0.4 is 0 Å². The Morgan fingerprint density at radius 3 is 2.77 bits per heavy atom. The van der Waals surface area contributed by atoms with Crippen molar-refractivity contribution in [3.8, 4) is 0 Å². The lowest BCUT2D eigenvalue weighted by molar-refractivity contribution is -0.128. The summed E-state index contributed by atoms with van der Waals surface area (Å²) in [4.78, 5) is 13.4. The fraction of sp³-hybridized carbons (Fsp3) is 0.900. The molecule has 0 spiro atoms. The Kier molecular flexibility index (Phi) is 2.83. The highest BCUT2D eigenvalue weighted by Gasteiger charge is 2.24. The quantitative estimate of drug-likeness (QED) is 0.640. The molecule has 0 atom stereocenters. The minimum absolute atomic E-state index is 0.353. The average Bonchev–Trinajstić information content (AvgIpc) is 2.54. The molecule has 0 unspecified atom stereocenters. The van der Waals surface area contributed by atoms with E-state index in [1.165, 1.54) is 0 Å². The van der Waals surface area contributed by atoms with Crippen LogP contribution in [0.5, 0.6) is 0 Å². The second kappa shape index (κ2) is 4.09. The van der Waals surface area contributed by atoms with Crippen molar-refractivity contribution in [2.24, 2.45) is 5.92 Å². The molecule has 0 aromatic carbocycles. The van der Waals surface area contributed by atoms with Gasteiger partial charge in [-0.25, -0.2) is 0 Å². The van der Waals surface area contributed by atoms with E-state index in [0.29, 0.717) is 11.8 Å². The first-order valence-corrected chi connectivity index (χ1v) is 5.22. The molecule has 0 N–H and O–H groups in total. The van der Waals surface area contributed by atoms with Gasteiger partial charge < -0.3 is 9.64 Å². The summed E-state index contributed by atoms with van der Waals surface area (Å²) < 4.78 is 5.29. The molecule has 1 amide bonds. The second-order valence-corrected chi connectivity index (χ2v) is 4.00. The van der Waals surface area contributed by atoms with Crippen LogP contribution in [0.4, 0.5) is 0 Å². The predicted molar refractivity (Wildman–Crippen MR) is 49.4 cm³/mol. The Bertz CT molecular complexity index is 187. The standard InChI is InChI=1S/C10H17NO2/c12-10-2-1-5-11(10)8-9-3-6-13-7-4-9/h9H,1-8H2. The van der Waals surface area contributed by atoms with Crippen LogP contribution in [0.3, 0.4) is 0 Å². The van der Waals surface area contributed by atoms with Crippen molar-refractivity contribution in [1.82, 2.24) is 4.90 Å². The normalized spacial score (nSPS) is 25.5. The van der Waals surface area contributed by atoms with E-state index in [0.717, 1.165) is 52.0 Å². The minimum atomic E-state index is 0.353. The van der Waals surface area contributed by atoms with E-state index >= 15 is 0 Å².